The third kappa shape index (κ3) is 3.68. The molecule has 2 aromatic carbocycles. The maximum Gasteiger partial charge on any atom is 0.326 e. The number of benzene rings is 2. The molecule has 8 nitrogen and oxygen atoms in total. The Bertz CT molecular complexity index is 1160. The SMILES string of the molecule is CCOC(=O)Cn1c(=NC(=O)c2ccccc2OC)sc2cc3c(cc21)OCO3. The van der Waals surface area contributed by atoms with Crippen LogP contribution in [0.1, 0.15) is 17.3 Å². The first-order valence-corrected chi connectivity index (χ1v) is 9.73. The quantitative estimate of drug-likeness (QED) is 0.597. The van der Waals surface area contributed by atoms with E-state index in [0.29, 0.717) is 33.1 Å². The van der Waals surface area contributed by atoms with Gasteiger partial charge in [0.25, 0.3) is 5.91 Å². The Morgan fingerprint density at radius 3 is 2.72 bits per heavy atom. The van der Waals surface area contributed by atoms with Gasteiger partial charge in [-0.25, -0.2) is 0 Å². The number of esters is 1. The molecule has 0 saturated heterocycles. The van der Waals surface area contributed by atoms with Gasteiger partial charge in [0.1, 0.15) is 12.3 Å². The lowest BCUT2D eigenvalue weighted by molar-refractivity contribution is -0.143. The number of methoxy groups -OCH3 is 1. The number of fused-ring (bicyclic) bond motifs is 2. The van der Waals surface area contributed by atoms with Crippen LogP contribution >= 0.6 is 11.3 Å². The van der Waals surface area contributed by atoms with Crippen molar-refractivity contribution in [1.29, 1.82) is 0 Å². The van der Waals surface area contributed by atoms with Crippen molar-refractivity contribution in [3.63, 3.8) is 0 Å². The lowest BCUT2D eigenvalue weighted by Gasteiger charge is -2.06. The van der Waals surface area contributed by atoms with Crippen LogP contribution in [0.15, 0.2) is 41.4 Å². The summed E-state index contributed by atoms with van der Waals surface area (Å²) in [6.45, 7) is 2.07. The second-order valence-corrected chi connectivity index (χ2v) is 7.08. The molecule has 1 aromatic heterocycles. The summed E-state index contributed by atoms with van der Waals surface area (Å²) >= 11 is 1.28. The molecule has 0 unspecified atom stereocenters. The Hall–Kier alpha value is -3.33. The highest BCUT2D eigenvalue weighted by Gasteiger charge is 2.20. The molecular weight excluding hydrogens is 396 g/mol. The zero-order valence-corrected chi connectivity index (χ0v) is 16.7. The highest BCUT2D eigenvalue weighted by Crippen LogP contribution is 2.37. The van der Waals surface area contributed by atoms with Crippen LogP contribution in [-0.4, -0.2) is 37.0 Å². The summed E-state index contributed by atoms with van der Waals surface area (Å²) in [6, 6.07) is 10.4. The summed E-state index contributed by atoms with van der Waals surface area (Å²) in [7, 11) is 1.49. The van der Waals surface area contributed by atoms with Crippen molar-refractivity contribution < 1.29 is 28.5 Å². The number of hydrogen-bond acceptors (Lipinski definition) is 7. The van der Waals surface area contributed by atoms with Crippen LogP contribution in [0.4, 0.5) is 0 Å². The minimum Gasteiger partial charge on any atom is -0.496 e. The maximum absolute atomic E-state index is 12.8. The molecule has 0 saturated carbocycles. The first kappa shape index (κ1) is 19.0. The van der Waals surface area contributed by atoms with Crippen molar-refractivity contribution in [3.05, 3.63) is 46.8 Å². The molecule has 150 valence electrons. The summed E-state index contributed by atoms with van der Waals surface area (Å²) in [5.74, 6) is 0.739. The van der Waals surface area contributed by atoms with Crippen LogP contribution in [0.25, 0.3) is 10.2 Å². The average Bonchev–Trinajstić information content (AvgIpc) is 3.30. The van der Waals surface area contributed by atoms with E-state index in [9.17, 15) is 9.59 Å². The predicted octanol–water partition coefficient (Wildman–Crippen LogP) is 2.74. The lowest BCUT2D eigenvalue weighted by atomic mass is 10.2. The second kappa shape index (κ2) is 7.96. The monoisotopic (exact) mass is 414 g/mol. The minimum absolute atomic E-state index is 0.0779. The number of hydrogen-bond donors (Lipinski definition) is 0. The van der Waals surface area contributed by atoms with Gasteiger partial charge in [-0.1, -0.05) is 23.5 Å². The standard InChI is InChI=1S/C20H18N2O6S/c1-3-26-18(23)10-22-13-8-15-16(28-11-27-15)9-17(13)29-20(22)21-19(24)12-6-4-5-7-14(12)25-2/h4-9H,3,10-11H2,1-2H3. The molecule has 1 aliphatic rings. The molecule has 3 aromatic rings. The van der Waals surface area contributed by atoms with Gasteiger partial charge in [-0.2, -0.15) is 4.99 Å². The van der Waals surface area contributed by atoms with E-state index in [-0.39, 0.29) is 19.9 Å². The van der Waals surface area contributed by atoms with Crippen LogP contribution in [0.2, 0.25) is 0 Å². The molecule has 0 atom stereocenters. The van der Waals surface area contributed by atoms with Gasteiger partial charge in [-0.05, 0) is 19.1 Å². The van der Waals surface area contributed by atoms with Crippen molar-refractivity contribution in [1.82, 2.24) is 4.57 Å². The molecule has 0 spiro atoms. The molecule has 4 rings (SSSR count). The molecule has 9 heteroatoms. The Morgan fingerprint density at radius 2 is 1.97 bits per heavy atom. The molecule has 0 bridgehead atoms. The fourth-order valence-electron chi connectivity index (χ4n) is 3.00. The Labute approximate surface area is 169 Å². The van der Waals surface area contributed by atoms with Crippen LogP contribution in [0, 0.1) is 0 Å². The highest BCUT2D eigenvalue weighted by molar-refractivity contribution is 7.16. The van der Waals surface area contributed by atoms with Gasteiger partial charge < -0.3 is 23.5 Å². The lowest BCUT2D eigenvalue weighted by Crippen LogP contribution is -2.23. The molecule has 0 radical (unpaired) electrons. The number of nitrogens with zero attached hydrogens (tertiary/aromatic N) is 2. The Balaban J connectivity index is 1.85. The molecular formula is C20H18N2O6S. The van der Waals surface area contributed by atoms with Crippen LogP contribution in [-0.2, 0) is 16.1 Å². The number of rotatable bonds is 5. The van der Waals surface area contributed by atoms with Crippen molar-refractivity contribution >= 4 is 33.4 Å². The Kier molecular flexibility index (Phi) is 5.22. The van der Waals surface area contributed by atoms with E-state index in [1.54, 1.807) is 41.8 Å². The summed E-state index contributed by atoms with van der Waals surface area (Å²) in [5.41, 5.74) is 1.04. The van der Waals surface area contributed by atoms with E-state index >= 15 is 0 Å². The first-order valence-electron chi connectivity index (χ1n) is 8.91. The normalized spacial score (nSPS) is 13.0. The fraction of sp³-hybridized carbons (Fsp3) is 0.250. The van der Waals surface area contributed by atoms with E-state index in [1.165, 1.54) is 18.4 Å². The fourth-order valence-corrected chi connectivity index (χ4v) is 4.04. The average molecular weight is 414 g/mol. The van der Waals surface area contributed by atoms with Crippen LogP contribution in [0.3, 0.4) is 0 Å². The van der Waals surface area contributed by atoms with Gasteiger partial charge in [0.15, 0.2) is 16.3 Å². The minimum atomic E-state index is -0.466. The highest BCUT2D eigenvalue weighted by atomic mass is 32.1. The van der Waals surface area contributed by atoms with Gasteiger partial charge in [-0.3, -0.25) is 9.59 Å². The van der Waals surface area contributed by atoms with Crippen LogP contribution < -0.4 is 19.0 Å². The van der Waals surface area contributed by atoms with Crippen molar-refractivity contribution in [2.75, 3.05) is 20.5 Å². The molecule has 1 amide bonds. The van der Waals surface area contributed by atoms with Gasteiger partial charge >= 0.3 is 5.97 Å². The zero-order valence-electron chi connectivity index (χ0n) is 15.8. The molecule has 0 fully saturated rings. The molecule has 0 aliphatic carbocycles. The third-order valence-corrected chi connectivity index (χ3v) is 5.35. The molecule has 1 aliphatic heterocycles. The van der Waals surface area contributed by atoms with Crippen molar-refractivity contribution in [2.24, 2.45) is 4.99 Å². The van der Waals surface area contributed by atoms with Crippen LogP contribution in [0.5, 0.6) is 17.2 Å². The van der Waals surface area contributed by atoms with E-state index < -0.39 is 11.9 Å². The van der Waals surface area contributed by atoms with Gasteiger partial charge in [0.2, 0.25) is 6.79 Å². The van der Waals surface area contributed by atoms with Gasteiger partial charge in [0, 0.05) is 12.1 Å². The van der Waals surface area contributed by atoms with Gasteiger partial charge in [-0.15, -0.1) is 0 Å². The van der Waals surface area contributed by atoms with E-state index in [1.807, 2.05) is 6.07 Å². The number of para-hydroxylation sites is 1. The summed E-state index contributed by atoms with van der Waals surface area (Å²) in [5, 5.41) is 0. The molecule has 0 N–H and O–H groups in total. The Morgan fingerprint density at radius 1 is 1.21 bits per heavy atom. The van der Waals surface area contributed by atoms with Crippen molar-refractivity contribution in [2.45, 2.75) is 13.5 Å². The zero-order chi connectivity index (χ0) is 20.4. The molecule has 29 heavy (non-hydrogen) atoms. The number of carbonyl (C=O) groups is 2. The number of ether oxygens (including phenoxy) is 4. The second-order valence-electron chi connectivity index (χ2n) is 6.07. The van der Waals surface area contributed by atoms with Gasteiger partial charge in [0.05, 0.1) is 29.5 Å². The van der Waals surface area contributed by atoms with E-state index in [2.05, 4.69) is 4.99 Å². The summed E-state index contributed by atoms with van der Waals surface area (Å²) in [4.78, 5) is 29.6. The topological polar surface area (TPSA) is 88.4 Å². The maximum atomic E-state index is 12.8. The van der Waals surface area contributed by atoms with Crippen molar-refractivity contribution in [3.8, 4) is 17.2 Å². The number of aromatic nitrogens is 1. The largest absolute Gasteiger partial charge is 0.496 e. The smallest absolute Gasteiger partial charge is 0.326 e. The first-order chi connectivity index (χ1) is 14.1. The number of carbonyl (C=O) groups excluding carboxylic acids is 2. The summed E-state index contributed by atoms with van der Waals surface area (Å²) in [6.07, 6.45) is 0. The number of thiazole rings is 1. The summed E-state index contributed by atoms with van der Waals surface area (Å²) < 4.78 is 23.7. The molecule has 2 heterocycles. The number of amides is 1. The van der Waals surface area contributed by atoms with E-state index in [4.69, 9.17) is 18.9 Å². The van der Waals surface area contributed by atoms with E-state index in [0.717, 1.165) is 4.70 Å². The third-order valence-electron chi connectivity index (χ3n) is 4.30. The predicted molar refractivity (Wildman–Crippen MR) is 105 cm³/mol.